The highest BCUT2D eigenvalue weighted by atomic mass is 79.9. The van der Waals surface area contributed by atoms with Crippen molar-refractivity contribution in [3.05, 3.63) is 58.1 Å². The highest BCUT2D eigenvalue weighted by molar-refractivity contribution is 9.10. The molecule has 0 aliphatic rings. The summed E-state index contributed by atoms with van der Waals surface area (Å²) in [7, 11) is 0. The van der Waals surface area contributed by atoms with E-state index in [2.05, 4.69) is 21.2 Å². The number of aryl methyl sites for hydroxylation is 1. The highest BCUT2D eigenvalue weighted by Crippen LogP contribution is 2.23. The van der Waals surface area contributed by atoms with Crippen LogP contribution in [0.2, 0.25) is 0 Å². The van der Waals surface area contributed by atoms with Gasteiger partial charge in [0.15, 0.2) is 6.61 Å². The molecule has 0 aliphatic carbocycles. The smallest absolute Gasteiger partial charge is 0.262 e. The van der Waals surface area contributed by atoms with Gasteiger partial charge in [0.05, 0.1) is 17.3 Å². The molecule has 4 nitrogen and oxygen atoms in total. The quantitative estimate of drug-likeness (QED) is 0.920. The Bertz CT molecular complexity index is 690. The molecule has 1 N–H and O–H groups in total. The van der Waals surface area contributed by atoms with Gasteiger partial charge in [-0.2, -0.15) is 5.26 Å². The minimum absolute atomic E-state index is 0.0910. The Morgan fingerprint density at radius 2 is 2.00 bits per heavy atom. The summed E-state index contributed by atoms with van der Waals surface area (Å²) in [6.45, 7) is 1.86. The number of hydrogen-bond donors (Lipinski definition) is 1. The molecule has 0 heterocycles. The van der Waals surface area contributed by atoms with Gasteiger partial charge in [-0.1, -0.05) is 6.07 Å². The van der Waals surface area contributed by atoms with Gasteiger partial charge in [-0.25, -0.2) is 0 Å². The summed E-state index contributed by atoms with van der Waals surface area (Å²) in [5.41, 5.74) is 2.32. The van der Waals surface area contributed by atoms with E-state index < -0.39 is 0 Å². The third-order valence-corrected chi connectivity index (χ3v) is 3.44. The van der Waals surface area contributed by atoms with Crippen LogP contribution < -0.4 is 10.1 Å². The Morgan fingerprint density at radius 1 is 1.29 bits per heavy atom. The minimum Gasteiger partial charge on any atom is -0.484 e. The Kier molecular flexibility index (Phi) is 4.96. The molecule has 0 aromatic heterocycles. The van der Waals surface area contributed by atoms with Crippen LogP contribution in [0.15, 0.2) is 46.9 Å². The van der Waals surface area contributed by atoms with Crippen LogP contribution in [-0.2, 0) is 4.79 Å². The summed E-state index contributed by atoms with van der Waals surface area (Å²) in [6.07, 6.45) is 0. The minimum atomic E-state index is -0.245. The van der Waals surface area contributed by atoms with Crippen molar-refractivity contribution in [2.75, 3.05) is 11.9 Å². The molecule has 0 unspecified atom stereocenters. The van der Waals surface area contributed by atoms with Gasteiger partial charge in [0, 0.05) is 4.47 Å². The number of nitrogens with one attached hydrogen (secondary N) is 1. The van der Waals surface area contributed by atoms with Crippen LogP contribution in [0.25, 0.3) is 0 Å². The standard InChI is InChI=1S/C16H13BrN2O2/c1-11-2-7-14(17)15(8-11)19-16(20)10-21-13-5-3-12(9-18)4-6-13/h2-8H,10H2,1H3,(H,19,20). The van der Waals surface area contributed by atoms with E-state index in [1.54, 1.807) is 24.3 Å². The van der Waals surface area contributed by atoms with E-state index in [1.807, 2.05) is 31.2 Å². The zero-order valence-corrected chi connectivity index (χ0v) is 13.0. The van der Waals surface area contributed by atoms with E-state index in [0.717, 1.165) is 10.0 Å². The molecule has 2 aromatic carbocycles. The maximum absolute atomic E-state index is 11.9. The van der Waals surface area contributed by atoms with Crippen molar-refractivity contribution in [2.45, 2.75) is 6.92 Å². The van der Waals surface area contributed by atoms with E-state index >= 15 is 0 Å². The first-order valence-electron chi connectivity index (χ1n) is 6.27. The molecule has 0 saturated heterocycles. The van der Waals surface area contributed by atoms with Gasteiger partial charge >= 0.3 is 0 Å². The molecule has 0 fully saturated rings. The second-order valence-electron chi connectivity index (χ2n) is 4.46. The van der Waals surface area contributed by atoms with Crippen molar-refractivity contribution in [3.63, 3.8) is 0 Å². The van der Waals surface area contributed by atoms with Gasteiger partial charge in [0.25, 0.3) is 5.91 Å². The molecule has 0 bridgehead atoms. The van der Waals surface area contributed by atoms with Crippen molar-refractivity contribution in [1.29, 1.82) is 5.26 Å². The molecular formula is C16H13BrN2O2. The largest absolute Gasteiger partial charge is 0.484 e. The normalized spacial score (nSPS) is 9.76. The zero-order chi connectivity index (χ0) is 15.2. The molecule has 0 aliphatic heterocycles. The van der Waals surface area contributed by atoms with Crippen molar-refractivity contribution >= 4 is 27.5 Å². The number of halogens is 1. The fraction of sp³-hybridized carbons (Fsp3) is 0.125. The number of carbonyl (C=O) groups is 1. The van der Waals surface area contributed by atoms with Crippen molar-refractivity contribution in [1.82, 2.24) is 0 Å². The van der Waals surface area contributed by atoms with Crippen LogP contribution in [-0.4, -0.2) is 12.5 Å². The number of rotatable bonds is 4. The van der Waals surface area contributed by atoms with Gasteiger partial charge in [0.1, 0.15) is 5.75 Å². The Labute approximate surface area is 131 Å². The van der Waals surface area contributed by atoms with Crippen molar-refractivity contribution < 1.29 is 9.53 Å². The number of carbonyl (C=O) groups excluding carboxylic acids is 1. The number of anilines is 1. The SMILES string of the molecule is Cc1ccc(Br)c(NC(=O)COc2ccc(C#N)cc2)c1. The molecule has 2 aromatic rings. The third-order valence-electron chi connectivity index (χ3n) is 2.75. The van der Waals surface area contributed by atoms with E-state index in [4.69, 9.17) is 10.00 Å². The molecule has 0 spiro atoms. The Balaban J connectivity index is 1.92. The number of hydrogen-bond acceptors (Lipinski definition) is 3. The molecule has 5 heteroatoms. The van der Waals surface area contributed by atoms with Gasteiger partial charge in [-0.15, -0.1) is 0 Å². The fourth-order valence-corrected chi connectivity index (χ4v) is 2.04. The molecule has 1 amide bonds. The topological polar surface area (TPSA) is 62.1 Å². The first kappa shape index (κ1) is 15.1. The second kappa shape index (κ2) is 6.91. The van der Waals surface area contributed by atoms with Crippen LogP contribution in [0.4, 0.5) is 5.69 Å². The van der Waals surface area contributed by atoms with Crippen LogP contribution in [0.3, 0.4) is 0 Å². The first-order valence-corrected chi connectivity index (χ1v) is 7.07. The maximum Gasteiger partial charge on any atom is 0.262 e. The molecule has 106 valence electrons. The van der Waals surface area contributed by atoms with Crippen LogP contribution in [0, 0.1) is 18.3 Å². The fourth-order valence-electron chi connectivity index (χ4n) is 1.70. The van der Waals surface area contributed by atoms with Gasteiger partial charge in [0.2, 0.25) is 0 Å². The number of amides is 1. The van der Waals surface area contributed by atoms with Gasteiger partial charge in [-0.05, 0) is 64.8 Å². The predicted molar refractivity (Wildman–Crippen MR) is 84.2 cm³/mol. The molecule has 0 saturated carbocycles. The zero-order valence-electron chi connectivity index (χ0n) is 11.4. The lowest BCUT2D eigenvalue weighted by molar-refractivity contribution is -0.118. The van der Waals surface area contributed by atoms with E-state index in [9.17, 15) is 4.79 Å². The number of nitriles is 1. The lowest BCUT2D eigenvalue weighted by Gasteiger charge is -2.09. The summed E-state index contributed by atoms with van der Waals surface area (Å²) in [4.78, 5) is 11.9. The molecular weight excluding hydrogens is 332 g/mol. The maximum atomic E-state index is 11.9. The molecule has 21 heavy (non-hydrogen) atoms. The average molecular weight is 345 g/mol. The summed E-state index contributed by atoms with van der Waals surface area (Å²) < 4.78 is 6.19. The number of nitrogens with zero attached hydrogens (tertiary/aromatic N) is 1. The summed E-state index contributed by atoms with van der Waals surface area (Å²) in [6, 6.07) is 14.3. The highest BCUT2D eigenvalue weighted by Gasteiger charge is 2.07. The first-order chi connectivity index (χ1) is 10.1. The monoisotopic (exact) mass is 344 g/mol. The summed E-state index contributed by atoms with van der Waals surface area (Å²) in [5.74, 6) is 0.304. The van der Waals surface area contributed by atoms with Crippen LogP contribution in [0.1, 0.15) is 11.1 Å². The Hall–Kier alpha value is -2.32. The molecule has 2 rings (SSSR count). The molecule has 0 radical (unpaired) electrons. The Morgan fingerprint density at radius 3 is 2.67 bits per heavy atom. The predicted octanol–water partition coefficient (Wildman–Crippen LogP) is 3.65. The van der Waals surface area contributed by atoms with Crippen molar-refractivity contribution in [3.8, 4) is 11.8 Å². The van der Waals surface area contributed by atoms with E-state index in [-0.39, 0.29) is 12.5 Å². The van der Waals surface area contributed by atoms with Crippen molar-refractivity contribution in [2.24, 2.45) is 0 Å². The molecule has 0 atom stereocenters. The third kappa shape index (κ3) is 4.33. The number of benzene rings is 2. The lowest BCUT2D eigenvalue weighted by atomic mass is 10.2. The summed E-state index contributed by atoms with van der Waals surface area (Å²) in [5, 5.41) is 11.5. The van der Waals surface area contributed by atoms with E-state index in [0.29, 0.717) is 17.0 Å². The van der Waals surface area contributed by atoms with Crippen LogP contribution >= 0.6 is 15.9 Å². The van der Waals surface area contributed by atoms with Gasteiger partial charge in [-0.3, -0.25) is 4.79 Å². The average Bonchev–Trinajstić information content (AvgIpc) is 2.49. The van der Waals surface area contributed by atoms with Crippen LogP contribution in [0.5, 0.6) is 5.75 Å². The van der Waals surface area contributed by atoms with Gasteiger partial charge < -0.3 is 10.1 Å². The van der Waals surface area contributed by atoms with E-state index in [1.165, 1.54) is 0 Å². The summed E-state index contributed by atoms with van der Waals surface area (Å²) >= 11 is 3.38. The second-order valence-corrected chi connectivity index (χ2v) is 5.31. The number of ether oxygens (including phenoxy) is 1. The lowest BCUT2D eigenvalue weighted by Crippen LogP contribution is -2.20.